The molecule has 1 heterocycles. The topological polar surface area (TPSA) is 28.7 Å². The summed E-state index contributed by atoms with van der Waals surface area (Å²) in [4.78, 5) is 7.63. The molecule has 3 aromatic rings. The third-order valence-electron chi connectivity index (χ3n) is 3.14. The number of rotatable bonds is 3. The number of nitrogens with one attached hydrogen (secondary N) is 1. The molecule has 2 nitrogen and oxygen atoms in total. The summed E-state index contributed by atoms with van der Waals surface area (Å²) >= 11 is 24.1. The molecule has 112 valence electrons. The van der Waals surface area contributed by atoms with E-state index in [-0.39, 0.29) is 0 Å². The lowest BCUT2D eigenvalue weighted by Gasteiger charge is -2.03. The zero-order valence-corrected chi connectivity index (χ0v) is 14.2. The average Bonchev–Trinajstić information content (AvgIpc) is 2.85. The Labute approximate surface area is 148 Å². The summed E-state index contributed by atoms with van der Waals surface area (Å²) in [5.41, 5.74) is 2.68. The minimum absolute atomic E-state index is 0.577. The molecule has 2 aromatic carbocycles. The Morgan fingerprint density at radius 2 is 1.59 bits per heavy atom. The minimum Gasteiger partial charge on any atom is -0.342 e. The molecular formula is C16H10Cl4N2. The first-order valence-corrected chi connectivity index (χ1v) is 7.97. The monoisotopic (exact) mass is 370 g/mol. The molecule has 0 radical (unpaired) electrons. The van der Waals surface area contributed by atoms with Crippen LogP contribution >= 0.6 is 46.4 Å². The van der Waals surface area contributed by atoms with Crippen LogP contribution < -0.4 is 0 Å². The summed E-state index contributed by atoms with van der Waals surface area (Å²) in [5, 5.41) is 2.39. The lowest BCUT2D eigenvalue weighted by Crippen LogP contribution is -1.91. The molecule has 0 aliphatic rings. The van der Waals surface area contributed by atoms with E-state index in [0.717, 1.165) is 22.6 Å². The van der Waals surface area contributed by atoms with Gasteiger partial charge in [-0.05, 0) is 42.0 Å². The summed E-state index contributed by atoms with van der Waals surface area (Å²) in [5.74, 6) is 0.805. The fourth-order valence-electron chi connectivity index (χ4n) is 2.20. The minimum atomic E-state index is 0.577. The van der Waals surface area contributed by atoms with Gasteiger partial charge in [0.2, 0.25) is 0 Å². The molecule has 1 aromatic heterocycles. The number of hydrogen-bond donors (Lipinski definition) is 1. The van der Waals surface area contributed by atoms with Gasteiger partial charge in [-0.15, -0.1) is 0 Å². The Morgan fingerprint density at radius 1 is 0.864 bits per heavy atom. The van der Waals surface area contributed by atoms with Crippen molar-refractivity contribution in [1.29, 1.82) is 0 Å². The third kappa shape index (κ3) is 3.58. The van der Waals surface area contributed by atoms with Crippen molar-refractivity contribution in [3.63, 3.8) is 0 Å². The molecule has 0 unspecified atom stereocenters. The van der Waals surface area contributed by atoms with E-state index in [9.17, 15) is 0 Å². The van der Waals surface area contributed by atoms with E-state index in [1.165, 1.54) is 0 Å². The molecular weight excluding hydrogens is 362 g/mol. The van der Waals surface area contributed by atoms with Gasteiger partial charge in [0.1, 0.15) is 5.82 Å². The van der Waals surface area contributed by atoms with Crippen LogP contribution in [0.5, 0.6) is 0 Å². The van der Waals surface area contributed by atoms with Gasteiger partial charge in [-0.3, -0.25) is 0 Å². The van der Waals surface area contributed by atoms with E-state index in [1.54, 1.807) is 24.4 Å². The highest BCUT2D eigenvalue weighted by Gasteiger charge is 2.09. The summed E-state index contributed by atoms with van der Waals surface area (Å²) in [6.45, 7) is 0. The van der Waals surface area contributed by atoms with Crippen molar-refractivity contribution in [3.05, 3.63) is 74.1 Å². The van der Waals surface area contributed by atoms with Gasteiger partial charge in [0, 0.05) is 27.1 Å². The Morgan fingerprint density at radius 3 is 2.27 bits per heavy atom. The van der Waals surface area contributed by atoms with E-state index in [2.05, 4.69) is 9.97 Å². The van der Waals surface area contributed by atoms with E-state index < -0.39 is 0 Å². The maximum absolute atomic E-state index is 6.21. The van der Waals surface area contributed by atoms with Crippen molar-refractivity contribution in [3.8, 4) is 11.3 Å². The highest BCUT2D eigenvalue weighted by molar-refractivity contribution is 6.36. The Hall–Kier alpha value is -1.19. The summed E-state index contributed by atoms with van der Waals surface area (Å²) in [6.07, 6.45) is 2.35. The maximum atomic E-state index is 6.21. The van der Waals surface area contributed by atoms with Crippen LogP contribution in [0.3, 0.4) is 0 Å². The van der Waals surface area contributed by atoms with Crippen LogP contribution in [0.1, 0.15) is 11.4 Å². The highest BCUT2D eigenvalue weighted by atomic mass is 35.5. The molecule has 0 spiro atoms. The van der Waals surface area contributed by atoms with E-state index >= 15 is 0 Å². The Bertz CT molecular complexity index is 807. The summed E-state index contributed by atoms with van der Waals surface area (Å²) in [7, 11) is 0. The number of benzene rings is 2. The SMILES string of the molecule is Clc1cc(Cl)cc(Cc2ncc(-c3ccc(Cl)cc3Cl)[nH]2)c1. The van der Waals surface area contributed by atoms with Gasteiger partial charge in [-0.2, -0.15) is 0 Å². The van der Waals surface area contributed by atoms with Gasteiger partial charge in [0.25, 0.3) is 0 Å². The van der Waals surface area contributed by atoms with E-state index in [0.29, 0.717) is 26.5 Å². The van der Waals surface area contributed by atoms with Gasteiger partial charge < -0.3 is 4.98 Å². The van der Waals surface area contributed by atoms with Gasteiger partial charge in [0.05, 0.1) is 16.9 Å². The molecule has 0 amide bonds. The molecule has 0 aliphatic heterocycles. The largest absolute Gasteiger partial charge is 0.342 e. The Kier molecular flexibility index (Phi) is 4.65. The molecule has 0 saturated carbocycles. The molecule has 0 atom stereocenters. The zero-order valence-electron chi connectivity index (χ0n) is 11.2. The van der Waals surface area contributed by atoms with Crippen LogP contribution in [-0.2, 0) is 6.42 Å². The van der Waals surface area contributed by atoms with E-state index in [1.807, 2.05) is 18.2 Å². The number of H-pyrrole nitrogens is 1. The second-order valence-corrected chi connectivity index (χ2v) is 6.54. The van der Waals surface area contributed by atoms with Gasteiger partial charge in [-0.25, -0.2) is 4.98 Å². The molecule has 1 N–H and O–H groups in total. The van der Waals surface area contributed by atoms with Gasteiger partial charge >= 0.3 is 0 Å². The maximum Gasteiger partial charge on any atom is 0.110 e. The van der Waals surface area contributed by atoms with Crippen LogP contribution in [-0.4, -0.2) is 9.97 Å². The van der Waals surface area contributed by atoms with Crippen molar-refractivity contribution < 1.29 is 0 Å². The standard InChI is InChI=1S/C16H10Cl4N2/c17-10-1-2-13(14(20)7-10)15-8-21-16(22-15)5-9-3-11(18)6-12(19)4-9/h1-4,6-8H,5H2,(H,21,22). The van der Waals surface area contributed by atoms with Crippen molar-refractivity contribution in [2.75, 3.05) is 0 Å². The Balaban J connectivity index is 1.87. The predicted molar refractivity (Wildman–Crippen MR) is 93.3 cm³/mol. The number of aromatic nitrogens is 2. The molecule has 22 heavy (non-hydrogen) atoms. The number of halogens is 4. The predicted octanol–water partition coefficient (Wildman–Crippen LogP) is 6.28. The lowest BCUT2D eigenvalue weighted by atomic mass is 10.1. The van der Waals surface area contributed by atoms with Gasteiger partial charge in [-0.1, -0.05) is 46.4 Å². The quantitative estimate of drug-likeness (QED) is 0.576. The normalized spacial score (nSPS) is 10.9. The molecule has 0 bridgehead atoms. The first kappa shape index (κ1) is 15.7. The van der Waals surface area contributed by atoms with Gasteiger partial charge in [0.15, 0.2) is 0 Å². The van der Waals surface area contributed by atoms with Crippen molar-refractivity contribution in [2.45, 2.75) is 6.42 Å². The average molecular weight is 372 g/mol. The zero-order chi connectivity index (χ0) is 15.7. The van der Waals surface area contributed by atoms with Crippen LogP contribution in [0.15, 0.2) is 42.6 Å². The number of nitrogens with zero attached hydrogens (tertiary/aromatic N) is 1. The molecule has 6 heteroatoms. The fraction of sp³-hybridized carbons (Fsp3) is 0.0625. The fourth-order valence-corrected chi connectivity index (χ4v) is 3.28. The molecule has 0 fully saturated rings. The molecule has 0 saturated heterocycles. The van der Waals surface area contributed by atoms with Crippen LogP contribution in [0.2, 0.25) is 20.1 Å². The summed E-state index contributed by atoms with van der Waals surface area (Å²) in [6, 6.07) is 10.8. The molecule has 3 rings (SSSR count). The smallest absolute Gasteiger partial charge is 0.110 e. The van der Waals surface area contributed by atoms with Crippen molar-refractivity contribution in [1.82, 2.24) is 9.97 Å². The van der Waals surface area contributed by atoms with E-state index in [4.69, 9.17) is 46.4 Å². The number of imidazole rings is 1. The molecule has 0 aliphatic carbocycles. The first-order valence-electron chi connectivity index (χ1n) is 6.45. The summed E-state index contributed by atoms with van der Waals surface area (Å²) < 4.78 is 0. The van der Waals surface area contributed by atoms with Crippen molar-refractivity contribution in [2.24, 2.45) is 0 Å². The third-order valence-corrected chi connectivity index (χ3v) is 4.13. The van der Waals surface area contributed by atoms with Crippen molar-refractivity contribution >= 4 is 46.4 Å². The lowest BCUT2D eigenvalue weighted by molar-refractivity contribution is 1.03. The van der Waals surface area contributed by atoms with Crippen LogP contribution in [0.4, 0.5) is 0 Å². The number of aromatic amines is 1. The second-order valence-electron chi connectivity index (χ2n) is 4.82. The second kappa shape index (κ2) is 6.51. The number of hydrogen-bond acceptors (Lipinski definition) is 1. The first-order chi connectivity index (χ1) is 10.5. The highest BCUT2D eigenvalue weighted by Crippen LogP contribution is 2.29. The van der Waals surface area contributed by atoms with Crippen LogP contribution in [0, 0.1) is 0 Å². The van der Waals surface area contributed by atoms with Crippen LogP contribution in [0.25, 0.3) is 11.3 Å².